The number of aryl methyl sites for hydroxylation is 1. The quantitative estimate of drug-likeness (QED) is 0.696. The Hall–Kier alpha value is -3.12. The van der Waals surface area contributed by atoms with Crippen LogP contribution in [0.5, 0.6) is 5.75 Å². The van der Waals surface area contributed by atoms with Crippen molar-refractivity contribution in [1.82, 2.24) is 9.97 Å². The van der Waals surface area contributed by atoms with Crippen molar-refractivity contribution in [3.63, 3.8) is 0 Å². The van der Waals surface area contributed by atoms with Crippen LogP contribution in [0.25, 0.3) is 0 Å². The molecule has 2 aromatic carbocycles. The Bertz CT molecular complexity index is 946. The molecule has 0 spiro atoms. The molecule has 132 valence electrons. The van der Waals surface area contributed by atoms with Gasteiger partial charge in [0.05, 0.1) is 12.8 Å². The molecule has 0 saturated heterocycles. The van der Waals surface area contributed by atoms with Crippen molar-refractivity contribution in [2.24, 2.45) is 0 Å². The van der Waals surface area contributed by atoms with Gasteiger partial charge in [0.15, 0.2) is 0 Å². The first kappa shape index (κ1) is 17.7. The lowest BCUT2D eigenvalue weighted by molar-refractivity contribution is 0.102. The second-order valence-electron chi connectivity index (χ2n) is 5.56. The molecule has 0 radical (unpaired) electrons. The number of ether oxygens (including phenoxy) is 1. The van der Waals surface area contributed by atoms with Crippen LogP contribution in [0, 0.1) is 6.92 Å². The second kappa shape index (κ2) is 7.84. The average molecular weight is 369 g/mol. The standard InChI is InChI=1S/C19H17ClN4O2/c1-12-6-7-17(26-2)16(10-12)24-19-21-9-8-15(23-19)18(25)22-14-5-3-4-13(20)11-14/h3-11H,1-2H3,(H,22,25)(H,21,23,24). The molecule has 3 aromatic rings. The van der Waals surface area contributed by atoms with Crippen LogP contribution >= 0.6 is 11.6 Å². The van der Waals surface area contributed by atoms with Crippen LogP contribution < -0.4 is 15.4 Å². The first-order valence-corrected chi connectivity index (χ1v) is 8.24. The first-order valence-electron chi connectivity index (χ1n) is 7.87. The predicted octanol–water partition coefficient (Wildman–Crippen LogP) is 4.44. The van der Waals surface area contributed by atoms with Crippen molar-refractivity contribution in [3.8, 4) is 5.75 Å². The molecule has 1 heterocycles. The maximum Gasteiger partial charge on any atom is 0.274 e. The molecule has 3 rings (SSSR count). The zero-order valence-corrected chi connectivity index (χ0v) is 15.0. The highest BCUT2D eigenvalue weighted by atomic mass is 35.5. The Morgan fingerprint density at radius 1 is 1.15 bits per heavy atom. The summed E-state index contributed by atoms with van der Waals surface area (Å²) in [6, 6.07) is 14.2. The lowest BCUT2D eigenvalue weighted by Gasteiger charge is -2.11. The van der Waals surface area contributed by atoms with Crippen molar-refractivity contribution < 1.29 is 9.53 Å². The van der Waals surface area contributed by atoms with Crippen LogP contribution in [0.2, 0.25) is 5.02 Å². The molecule has 0 saturated carbocycles. The highest BCUT2D eigenvalue weighted by Gasteiger charge is 2.11. The summed E-state index contributed by atoms with van der Waals surface area (Å²) >= 11 is 5.93. The van der Waals surface area contributed by atoms with Gasteiger partial charge in [0, 0.05) is 16.9 Å². The van der Waals surface area contributed by atoms with E-state index in [2.05, 4.69) is 20.6 Å². The lowest BCUT2D eigenvalue weighted by atomic mass is 10.2. The number of hydrogen-bond donors (Lipinski definition) is 2. The zero-order valence-electron chi connectivity index (χ0n) is 14.3. The van der Waals surface area contributed by atoms with Gasteiger partial charge in [-0.2, -0.15) is 0 Å². The van der Waals surface area contributed by atoms with E-state index in [9.17, 15) is 4.79 Å². The Morgan fingerprint density at radius 2 is 2.00 bits per heavy atom. The fourth-order valence-corrected chi connectivity index (χ4v) is 2.54. The van der Waals surface area contributed by atoms with E-state index in [1.807, 2.05) is 25.1 Å². The van der Waals surface area contributed by atoms with Crippen LogP contribution in [-0.4, -0.2) is 23.0 Å². The normalized spacial score (nSPS) is 10.3. The second-order valence-corrected chi connectivity index (χ2v) is 6.00. The number of nitrogens with zero attached hydrogens (tertiary/aromatic N) is 2. The van der Waals surface area contributed by atoms with Crippen molar-refractivity contribution in [2.45, 2.75) is 6.92 Å². The Balaban J connectivity index is 1.80. The number of aromatic nitrogens is 2. The van der Waals surface area contributed by atoms with Crippen molar-refractivity contribution >= 4 is 34.8 Å². The van der Waals surface area contributed by atoms with Gasteiger partial charge >= 0.3 is 0 Å². The van der Waals surface area contributed by atoms with Gasteiger partial charge in [-0.1, -0.05) is 23.7 Å². The lowest BCUT2D eigenvalue weighted by Crippen LogP contribution is -2.14. The molecular formula is C19H17ClN4O2. The maximum atomic E-state index is 12.4. The van der Waals surface area contributed by atoms with Crippen molar-refractivity contribution in [3.05, 3.63) is 71.0 Å². The minimum absolute atomic E-state index is 0.231. The van der Waals surface area contributed by atoms with Gasteiger partial charge in [-0.3, -0.25) is 4.79 Å². The number of halogens is 1. The molecule has 0 bridgehead atoms. The third-order valence-electron chi connectivity index (χ3n) is 3.57. The summed E-state index contributed by atoms with van der Waals surface area (Å²) in [5.74, 6) is 0.606. The Morgan fingerprint density at radius 3 is 2.77 bits per heavy atom. The number of methoxy groups -OCH3 is 1. The highest BCUT2D eigenvalue weighted by Crippen LogP contribution is 2.27. The molecule has 1 aromatic heterocycles. The number of amides is 1. The van der Waals surface area contributed by atoms with Gasteiger partial charge in [-0.05, 0) is 48.9 Å². The summed E-state index contributed by atoms with van der Waals surface area (Å²) in [5, 5.41) is 6.38. The third-order valence-corrected chi connectivity index (χ3v) is 3.81. The van der Waals surface area contributed by atoms with E-state index in [0.29, 0.717) is 22.4 Å². The van der Waals surface area contributed by atoms with Gasteiger partial charge in [0.25, 0.3) is 5.91 Å². The van der Waals surface area contributed by atoms with E-state index in [1.165, 1.54) is 6.20 Å². The molecule has 6 nitrogen and oxygen atoms in total. The molecule has 0 aliphatic carbocycles. The van der Waals surface area contributed by atoms with Crippen LogP contribution in [0.4, 0.5) is 17.3 Å². The number of nitrogens with one attached hydrogen (secondary N) is 2. The van der Waals surface area contributed by atoms with E-state index in [0.717, 1.165) is 11.3 Å². The van der Waals surface area contributed by atoms with Crippen molar-refractivity contribution in [1.29, 1.82) is 0 Å². The summed E-state index contributed by atoms with van der Waals surface area (Å²) in [6.07, 6.45) is 1.52. The van der Waals surface area contributed by atoms with Crippen LogP contribution in [0.1, 0.15) is 16.1 Å². The monoisotopic (exact) mass is 368 g/mol. The molecule has 1 amide bonds. The van der Waals surface area contributed by atoms with Crippen molar-refractivity contribution in [2.75, 3.05) is 17.7 Å². The molecule has 0 aliphatic rings. The number of rotatable bonds is 5. The smallest absolute Gasteiger partial charge is 0.274 e. The van der Waals surface area contributed by atoms with Gasteiger partial charge in [-0.25, -0.2) is 9.97 Å². The van der Waals surface area contributed by atoms with Gasteiger partial charge in [0.2, 0.25) is 5.95 Å². The van der Waals surface area contributed by atoms with E-state index >= 15 is 0 Å². The van der Waals surface area contributed by atoms with Crippen LogP contribution in [0.15, 0.2) is 54.7 Å². The predicted molar refractivity (Wildman–Crippen MR) is 102 cm³/mol. The molecule has 0 aliphatic heterocycles. The molecule has 7 heteroatoms. The average Bonchev–Trinajstić information content (AvgIpc) is 2.62. The third kappa shape index (κ3) is 4.29. The number of hydrogen-bond acceptors (Lipinski definition) is 5. The summed E-state index contributed by atoms with van der Waals surface area (Å²) < 4.78 is 5.33. The van der Waals surface area contributed by atoms with E-state index < -0.39 is 0 Å². The zero-order chi connectivity index (χ0) is 18.5. The number of benzene rings is 2. The van der Waals surface area contributed by atoms with Crippen LogP contribution in [0.3, 0.4) is 0 Å². The first-order chi connectivity index (χ1) is 12.5. The Kier molecular flexibility index (Phi) is 5.34. The largest absolute Gasteiger partial charge is 0.495 e. The molecule has 26 heavy (non-hydrogen) atoms. The highest BCUT2D eigenvalue weighted by molar-refractivity contribution is 6.30. The topological polar surface area (TPSA) is 76.1 Å². The van der Waals surface area contributed by atoms with Crippen LogP contribution in [-0.2, 0) is 0 Å². The number of carbonyl (C=O) groups excluding carboxylic acids is 1. The number of carbonyl (C=O) groups is 1. The van der Waals surface area contributed by atoms with E-state index in [4.69, 9.17) is 16.3 Å². The summed E-state index contributed by atoms with van der Waals surface area (Å²) in [7, 11) is 1.59. The summed E-state index contributed by atoms with van der Waals surface area (Å²) in [4.78, 5) is 20.8. The van der Waals surface area contributed by atoms with Gasteiger partial charge < -0.3 is 15.4 Å². The fraction of sp³-hybridized carbons (Fsp3) is 0.105. The van der Waals surface area contributed by atoms with Gasteiger partial charge in [-0.15, -0.1) is 0 Å². The number of anilines is 3. The molecule has 0 unspecified atom stereocenters. The molecule has 2 N–H and O–H groups in total. The van der Waals surface area contributed by atoms with Gasteiger partial charge in [0.1, 0.15) is 11.4 Å². The summed E-state index contributed by atoms with van der Waals surface area (Å²) in [5.41, 5.74) is 2.60. The van der Waals surface area contributed by atoms with E-state index in [1.54, 1.807) is 37.4 Å². The minimum Gasteiger partial charge on any atom is -0.495 e. The SMILES string of the molecule is COc1ccc(C)cc1Nc1nccc(C(=O)Nc2cccc(Cl)c2)n1. The Labute approximate surface area is 156 Å². The molecular weight excluding hydrogens is 352 g/mol. The maximum absolute atomic E-state index is 12.4. The molecule has 0 atom stereocenters. The van der Waals surface area contributed by atoms with E-state index in [-0.39, 0.29) is 11.6 Å². The minimum atomic E-state index is -0.353. The molecule has 0 fully saturated rings. The summed E-state index contributed by atoms with van der Waals surface area (Å²) in [6.45, 7) is 1.97. The fourth-order valence-electron chi connectivity index (χ4n) is 2.35.